The van der Waals surface area contributed by atoms with Crippen molar-refractivity contribution < 1.29 is 24.1 Å². The SMILES string of the molecule is CCC(CC)CCCOc1ccc(C=CC(=O)O)c(OCCCC(CC)CC)c1OCCCC(CC)CC. The molecule has 0 saturated carbocycles. The van der Waals surface area contributed by atoms with E-state index in [9.17, 15) is 9.90 Å². The van der Waals surface area contributed by atoms with Gasteiger partial charge in [0.2, 0.25) is 5.75 Å². The lowest BCUT2D eigenvalue weighted by atomic mass is 9.98. The lowest BCUT2D eigenvalue weighted by Crippen LogP contribution is -2.09. The Kier molecular flexibility index (Phi) is 18.5. The van der Waals surface area contributed by atoms with Crippen molar-refractivity contribution in [3.05, 3.63) is 23.8 Å². The molecule has 1 N–H and O–H groups in total. The van der Waals surface area contributed by atoms with Crippen LogP contribution in [0.3, 0.4) is 0 Å². The summed E-state index contributed by atoms with van der Waals surface area (Å²) in [7, 11) is 0. The molecule has 0 fully saturated rings. The smallest absolute Gasteiger partial charge is 0.328 e. The second-order valence-electron chi connectivity index (χ2n) is 10.5. The Balaban J connectivity index is 3.13. The molecule has 0 aliphatic rings. The Morgan fingerprint density at radius 1 is 0.684 bits per heavy atom. The molecular weight excluding hydrogens is 476 g/mol. The maximum Gasteiger partial charge on any atom is 0.328 e. The third-order valence-corrected chi connectivity index (χ3v) is 8.00. The number of carboxylic acid groups (broad SMARTS) is 1. The van der Waals surface area contributed by atoms with E-state index in [2.05, 4.69) is 41.5 Å². The monoisotopic (exact) mass is 532 g/mol. The number of aliphatic carboxylic acids is 1. The van der Waals surface area contributed by atoms with E-state index in [4.69, 9.17) is 14.2 Å². The van der Waals surface area contributed by atoms with Gasteiger partial charge in [-0.15, -0.1) is 0 Å². The molecule has 0 saturated heterocycles. The Morgan fingerprint density at radius 3 is 1.53 bits per heavy atom. The number of rotatable bonds is 23. The second-order valence-corrected chi connectivity index (χ2v) is 10.5. The third-order valence-electron chi connectivity index (χ3n) is 8.00. The highest BCUT2D eigenvalue weighted by molar-refractivity contribution is 5.86. The van der Waals surface area contributed by atoms with Crippen LogP contribution in [0.2, 0.25) is 0 Å². The number of carbonyl (C=O) groups is 1. The number of carboxylic acids is 1. The Morgan fingerprint density at radius 2 is 1.11 bits per heavy atom. The van der Waals surface area contributed by atoms with Gasteiger partial charge in [0.15, 0.2) is 11.5 Å². The highest BCUT2D eigenvalue weighted by Gasteiger charge is 2.18. The van der Waals surface area contributed by atoms with Gasteiger partial charge in [0, 0.05) is 11.6 Å². The van der Waals surface area contributed by atoms with Gasteiger partial charge < -0.3 is 19.3 Å². The predicted molar refractivity (Wildman–Crippen MR) is 160 cm³/mol. The highest BCUT2D eigenvalue weighted by atomic mass is 16.5. The van der Waals surface area contributed by atoms with E-state index in [0.717, 1.165) is 50.5 Å². The highest BCUT2D eigenvalue weighted by Crippen LogP contribution is 2.42. The van der Waals surface area contributed by atoms with Crippen LogP contribution in [-0.2, 0) is 4.79 Å². The Hall–Kier alpha value is -2.17. The minimum atomic E-state index is -0.987. The predicted octanol–water partition coefficient (Wildman–Crippen LogP) is 9.57. The number of hydrogen-bond donors (Lipinski definition) is 1. The van der Waals surface area contributed by atoms with Crippen LogP contribution in [-0.4, -0.2) is 30.9 Å². The number of hydrogen-bond acceptors (Lipinski definition) is 4. The third kappa shape index (κ3) is 13.1. The van der Waals surface area contributed by atoms with Crippen molar-refractivity contribution in [1.29, 1.82) is 0 Å². The maximum atomic E-state index is 11.3. The largest absolute Gasteiger partial charge is 0.490 e. The molecule has 5 nitrogen and oxygen atoms in total. The fourth-order valence-electron chi connectivity index (χ4n) is 4.99. The van der Waals surface area contributed by atoms with E-state index in [0.29, 0.717) is 54.5 Å². The first kappa shape index (κ1) is 33.9. The van der Waals surface area contributed by atoms with Crippen molar-refractivity contribution in [2.75, 3.05) is 19.8 Å². The van der Waals surface area contributed by atoms with E-state index in [1.807, 2.05) is 12.1 Å². The fourth-order valence-corrected chi connectivity index (χ4v) is 4.99. The molecule has 38 heavy (non-hydrogen) atoms. The lowest BCUT2D eigenvalue weighted by Gasteiger charge is -2.20. The van der Waals surface area contributed by atoms with Crippen LogP contribution in [0.15, 0.2) is 18.2 Å². The fraction of sp³-hybridized carbons (Fsp3) is 0.727. The molecule has 0 aliphatic carbocycles. The first-order valence-corrected chi connectivity index (χ1v) is 15.4. The molecule has 0 amide bonds. The quantitative estimate of drug-likeness (QED) is 0.112. The topological polar surface area (TPSA) is 65.0 Å². The summed E-state index contributed by atoms with van der Waals surface area (Å²) in [6, 6.07) is 3.77. The maximum absolute atomic E-state index is 11.3. The van der Waals surface area contributed by atoms with Crippen molar-refractivity contribution >= 4 is 12.0 Å². The van der Waals surface area contributed by atoms with Gasteiger partial charge in [-0.05, 0) is 74.5 Å². The summed E-state index contributed by atoms with van der Waals surface area (Å²) in [5.74, 6) is 3.04. The van der Waals surface area contributed by atoms with Gasteiger partial charge in [-0.1, -0.05) is 80.1 Å². The molecule has 0 spiro atoms. The van der Waals surface area contributed by atoms with Gasteiger partial charge in [0.05, 0.1) is 19.8 Å². The zero-order chi connectivity index (χ0) is 28.2. The molecule has 0 aromatic heterocycles. The van der Waals surface area contributed by atoms with Crippen LogP contribution < -0.4 is 14.2 Å². The molecule has 1 aromatic carbocycles. The van der Waals surface area contributed by atoms with Crippen LogP contribution in [0, 0.1) is 17.8 Å². The summed E-state index contributed by atoms with van der Waals surface area (Å²) in [4.78, 5) is 11.3. The van der Waals surface area contributed by atoms with Crippen molar-refractivity contribution in [3.8, 4) is 17.2 Å². The molecule has 1 aromatic rings. The van der Waals surface area contributed by atoms with Gasteiger partial charge in [-0.3, -0.25) is 0 Å². The summed E-state index contributed by atoms with van der Waals surface area (Å²) >= 11 is 0. The molecule has 1 rings (SSSR count). The molecule has 0 aliphatic heterocycles. The average Bonchev–Trinajstić information content (AvgIpc) is 2.93. The van der Waals surface area contributed by atoms with Crippen molar-refractivity contribution in [1.82, 2.24) is 0 Å². The normalized spacial score (nSPS) is 11.7. The van der Waals surface area contributed by atoms with Crippen LogP contribution in [0.25, 0.3) is 6.08 Å². The van der Waals surface area contributed by atoms with E-state index >= 15 is 0 Å². The van der Waals surface area contributed by atoms with E-state index < -0.39 is 5.97 Å². The Bertz CT molecular complexity index is 776. The Labute approximate surface area is 233 Å². The first-order valence-electron chi connectivity index (χ1n) is 15.4. The van der Waals surface area contributed by atoms with Crippen molar-refractivity contribution in [2.45, 2.75) is 119 Å². The molecule has 0 heterocycles. The van der Waals surface area contributed by atoms with Crippen LogP contribution in [0.4, 0.5) is 0 Å². The zero-order valence-corrected chi connectivity index (χ0v) is 25.2. The van der Waals surface area contributed by atoms with Gasteiger partial charge >= 0.3 is 5.97 Å². The second kappa shape index (κ2) is 20.7. The van der Waals surface area contributed by atoms with Gasteiger partial charge in [0.25, 0.3) is 0 Å². The van der Waals surface area contributed by atoms with Gasteiger partial charge in [-0.2, -0.15) is 0 Å². The minimum absolute atomic E-state index is 0.562. The molecule has 0 atom stereocenters. The van der Waals surface area contributed by atoms with Gasteiger partial charge in [-0.25, -0.2) is 4.79 Å². The molecule has 218 valence electrons. The number of benzene rings is 1. The van der Waals surface area contributed by atoms with E-state index in [1.54, 1.807) is 6.08 Å². The van der Waals surface area contributed by atoms with E-state index in [-0.39, 0.29) is 0 Å². The van der Waals surface area contributed by atoms with Crippen molar-refractivity contribution in [2.24, 2.45) is 17.8 Å². The summed E-state index contributed by atoms with van der Waals surface area (Å²) in [6.07, 6.45) is 16.1. The molecule has 0 radical (unpaired) electrons. The number of ether oxygens (including phenoxy) is 3. The lowest BCUT2D eigenvalue weighted by molar-refractivity contribution is -0.131. The van der Waals surface area contributed by atoms with E-state index in [1.165, 1.54) is 38.5 Å². The average molecular weight is 533 g/mol. The van der Waals surface area contributed by atoms with Gasteiger partial charge in [0.1, 0.15) is 0 Å². The summed E-state index contributed by atoms with van der Waals surface area (Å²) in [5, 5.41) is 9.24. The van der Waals surface area contributed by atoms with Crippen LogP contribution in [0.5, 0.6) is 17.2 Å². The van der Waals surface area contributed by atoms with Crippen LogP contribution in [0.1, 0.15) is 124 Å². The standard InChI is InChI=1S/C33H56O5/c1-7-26(8-2)16-13-23-36-30-21-19-29(20-22-31(34)35)32(37-24-14-17-27(9-3)10-4)33(30)38-25-15-18-28(11-5)12-6/h19-22,26-28H,7-18,23-25H2,1-6H3,(H,34,35). The van der Waals surface area contributed by atoms with Crippen molar-refractivity contribution in [3.63, 3.8) is 0 Å². The molecular formula is C33H56O5. The molecule has 5 heteroatoms. The summed E-state index contributed by atoms with van der Waals surface area (Å²) in [6.45, 7) is 15.2. The zero-order valence-electron chi connectivity index (χ0n) is 25.2. The molecule has 0 bridgehead atoms. The molecule has 0 unspecified atom stereocenters. The van der Waals surface area contributed by atoms with Crippen LogP contribution >= 0.6 is 0 Å². The summed E-state index contributed by atoms with van der Waals surface area (Å²) < 4.78 is 18.9. The first-order chi connectivity index (χ1) is 18.4. The minimum Gasteiger partial charge on any atom is -0.490 e. The summed E-state index contributed by atoms with van der Waals surface area (Å²) in [5.41, 5.74) is 0.703.